The number of ether oxygens (including phenoxy) is 1. The van der Waals surface area contributed by atoms with Crippen LogP contribution >= 0.6 is 7.17 Å². The van der Waals surface area contributed by atoms with E-state index in [4.69, 9.17) is 4.74 Å². The summed E-state index contributed by atoms with van der Waals surface area (Å²) in [5.74, 6) is 5.69. The zero-order chi connectivity index (χ0) is 24.1. The third-order valence-corrected chi connectivity index (χ3v) is 7.60. The van der Waals surface area contributed by atoms with Gasteiger partial charge >= 0.3 is 0 Å². The first-order chi connectivity index (χ1) is 15.0. The van der Waals surface area contributed by atoms with Crippen molar-refractivity contribution >= 4 is 24.5 Å². The van der Waals surface area contributed by atoms with Crippen LogP contribution in [0, 0.1) is 0 Å². The van der Waals surface area contributed by atoms with Crippen LogP contribution in [-0.2, 0) is 23.7 Å². The molecule has 0 aromatic heterocycles. The van der Waals surface area contributed by atoms with Crippen LogP contribution in [0.15, 0.2) is 24.0 Å². The first-order valence-electron chi connectivity index (χ1n) is 12.4. The molecular formula is C30H45OP. The first-order valence-corrected chi connectivity index (χ1v) is 13.9. The van der Waals surface area contributed by atoms with E-state index in [0.717, 1.165) is 31.4 Å². The Morgan fingerprint density at radius 1 is 0.844 bits per heavy atom. The van der Waals surface area contributed by atoms with Crippen molar-refractivity contribution in [2.45, 2.75) is 112 Å². The summed E-state index contributed by atoms with van der Waals surface area (Å²) in [6.45, 7) is 23.1. The molecule has 1 nitrogen and oxygen atoms in total. The van der Waals surface area contributed by atoms with Crippen LogP contribution < -0.4 is 4.74 Å². The Balaban J connectivity index is 3.07. The molecule has 0 aliphatic carbocycles. The first kappa shape index (κ1) is 26.6. The van der Waals surface area contributed by atoms with Crippen molar-refractivity contribution in [3.8, 4) is 5.75 Å². The highest BCUT2D eigenvalue weighted by molar-refractivity contribution is 7.60. The van der Waals surface area contributed by atoms with Gasteiger partial charge in [-0.05, 0) is 70.9 Å². The fourth-order valence-corrected chi connectivity index (χ4v) is 5.83. The van der Waals surface area contributed by atoms with Gasteiger partial charge in [0.2, 0.25) is 0 Å². The second-order valence-electron chi connectivity index (χ2n) is 10.8. The van der Waals surface area contributed by atoms with Crippen molar-refractivity contribution in [3.63, 3.8) is 0 Å². The topological polar surface area (TPSA) is 9.23 Å². The van der Waals surface area contributed by atoms with E-state index in [0.29, 0.717) is 0 Å². The number of rotatable bonds is 7. The highest BCUT2D eigenvalue weighted by Crippen LogP contribution is 2.47. The smallest absolute Gasteiger partial charge is 0.127 e. The molecule has 176 valence electrons. The van der Waals surface area contributed by atoms with E-state index in [1.54, 1.807) is 0 Å². The van der Waals surface area contributed by atoms with Crippen LogP contribution in [0.5, 0.6) is 5.75 Å². The van der Waals surface area contributed by atoms with Crippen LogP contribution in [-0.4, -0.2) is 17.4 Å². The molecule has 0 bridgehead atoms. The lowest BCUT2D eigenvalue weighted by atomic mass is 9.72. The average molecular weight is 453 g/mol. The molecule has 32 heavy (non-hydrogen) atoms. The summed E-state index contributed by atoms with van der Waals surface area (Å²) in [4.78, 5) is 0. The van der Waals surface area contributed by atoms with Crippen molar-refractivity contribution in [2.75, 3.05) is 0 Å². The molecule has 0 saturated carbocycles. The van der Waals surface area contributed by atoms with Crippen molar-refractivity contribution < 1.29 is 4.74 Å². The van der Waals surface area contributed by atoms with Gasteiger partial charge in [0.15, 0.2) is 0 Å². The van der Waals surface area contributed by atoms with Gasteiger partial charge in [0, 0.05) is 11.1 Å². The summed E-state index contributed by atoms with van der Waals surface area (Å²) in [7, 11) is -0.462. The molecule has 1 aliphatic rings. The van der Waals surface area contributed by atoms with E-state index in [1.165, 1.54) is 27.8 Å². The van der Waals surface area contributed by atoms with Gasteiger partial charge in [-0.2, -0.15) is 0 Å². The third kappa shape index (κ3) is 6.01. The molecule has 1 aromatic rings. The molecule has 2 heteroatoms. The maximum atomic E-state index is 6.91. The molecule has 1 atom stereocenters. The summed E-state index contributed by atoms with van der Waals surface area (Å²) in [6, 6.07) is 0. The summed E-state index contributed by atoms with van der Waals surface area (Å²) < 4.78 is 6.91. The van der Waals surface area contributed by atoms with Gasteiger partial charge in [0.05, 0.1) is 6.10 Å². The second-order valence-corrected chi connectivity index (χ2v) is 12.4. The zero-order valence-corrected chi connectivity index (χ0v) is 23.1. The Hall–Kier alpha value is -1.68. The minimum Gasteiger partial charge on any atom is -0.490 e. The van der Waals surface area contributed by atoms with E-state index >= 15 is 0 Å². The fourth-order valence-electron chi connectivity index (χ4n) is 4.71. The van der Waals surface area contributed by atoms with E-state index in [9.17, 15) is 0 Å². The summed E-state index contributed by atoms with van der Waals surface area (Å²) in [5, 5.41) is 0. The van der Waals surface area contributed by atoms with Crippen molar-refractivity contribution in [1.29, 1.82) is 0 Å². The SMILES string of the molecule is CCc1c(C=C=P2=CC=CC=C2)c(CC)c(C(C)(C)C)c(OC(CC)CC)c1C(C)(C)C. The van der Waals surface area contributed by atoms with E-state index < -0.39 is 7.17 Å². The second kappa shape index (κ2) is 11.0. The van der Waals surface area contributed by atoms with Gasteiger partial charge in [-0.3, -0.25) is 0 Å². The standard InChI is InChI=1S/C30H45OP/c1-11-22(12-2)31-28-26(29(5,6)7)23(13-3)25(18-21-32-19-16-15-17-20-32)24(14-4)27(28)30(8,9)10/h15-20,22H,11-14H2,1-10H3. The maximum absolute atomic E-state index is 6.91. The Bertz CT molecular complexity index is 946. The molecule has 1 aliphatic heterocycles. The molecule has 2 rings (SSSR count). The van der Waals surface area contributed by atoms with Crippen LogP contribution in [0.2, 0.25) is 0 Å². The molecule has 0 radical (unpaired) electrons. The van der Waals surface area contributed by atoms with Crippen molar-refractivity contribution in [3.05, 3.63) is 51.9 Å². The van der Waals surface area contributed by atoms with Crippen LogP contribution in [0.4, 0.5) is 0 Å². The van der Waals surface area contributed by atoms with Crippen molar-refractivity contribution in [1.82, 2.24) is 0 Å². The lowest BCUT2D eigenvalue weighted by Crippen LogP contribution is -2.27. The predicted molar refractivity (Wildman–Crippen MR) is 148 cm³/mol. The van der Waals surface area contributed by atoms with Gasteiger partial charge in [-0.15, -0.1) is 0 Å². The lowest BCUT2D eigenvalue weighted by Gasteiger charge is -2.36. The number of hydrogen-bond acceptors (Lipinski definition) is 1. The predicted octanol–water partition coefficient (Wildman–Crippen LogP) is 8.76. The van der Waals surface area contributed by atoms with Crippen LogP contribution in [0.25, 0.3) is 6.08 Å². The zero-order valence-electron chi connectivity index (χ0n) is 22.2. The molecule has 0 saturated heterocycles. The summed E-state index contributed by atoms with van der Waals surface area (Å²) in [5.41, 5.74) is 10.7. The van der Waals surface area contributed by atoms with Gasteiger partial charge < -0.3 is 4.74 Å². The molecule has 0 N–H and O–H groups in total. The third-order valence-electron chi connectivity index (χ3n) is 6.18. The van der Waals surface area contributed by atoms with Gasteiger partial charge in [0.25, 0.3) is 0 Å². The number of hydrogen-bond donors (Lipinski definition) is 0. The number of benzene rings is 1. The summed E-state index contributed by atoms with van der Waals surface area (Å²) in [6.07, 6.45) is 13.0. The Morgan fingerprint density at radius 3 is 1.75 bits per heavy atom. The quantitative estimate of drug-likeness (QED) is 0.376. The normalized spacial score (nSPS) is 15.0. The Labute approximate surface area is 198 Å². The molecule has 0 fully saturated rings. The Kier molecular flexibility index (Phi) is 9.10. The minimum absolute atomic E-state index is 0.00743. The molecule has 1 aromatic carbocycles. The maximum Gasteiger partial charge on any atom is 0.127 e. The highest BCUT2D eigenvalue weighted by Gasteiger charge is 2.34. The monoisotopic (exact) mass is 452 g/mol. The largest absolute Gasteiger partial charge is 0.490 e. The Morgan fingerprint density at radius 2 is 1.38 bits per heavy atom. The van der Waals surface area contributed by atoms with Crippen LogP contribution in [0.3, 0.4) is 0 Å². The van der Waals surface area contributed by atoms with E-state index in [-0.39, 0.29) is 16.9 Å². The molecular weight excluding hydrogens is 407 g/mol. The molecule has 0 amide bonds. The molecule has 1 unspecified atom stereocenters. The number of allylic oxidation sites excluding steroid dienone is 3. The average Bonchev–Trinajstić information content (AvgIpc) is 2.73. The highest BCUT2D eigenvalue weighted by atomic mass is 31.1. The van der Waals surface area contributed by atoms with Gasteiger partial charge in [-0.1, -0.05) is 100 Å². The summed E-state index contributed by atoms with van der Waals surface area (Å²) >= 11 is 0. The van der Waals surface area contributed by atoms with Crippen molar-refractivity contribution in [2.24, 2.45) is 0 Å². The fraction of sp³-hybridized carbons (Fsp3) is 0.567. The van der Waals surface area contributed by atoms with E-state index in [1.807, 2.05) is 0 Å². The molecule has 0 spiro atoms. The lowest BCUT2D eigenvalue weighted by molar-refractivity contribution is 0.184. The molecule has 1 heterocycles. The minimum atomic E-state index is -0.462. The van der Waals surface area contributed by atoms with Gasteiger partial charge in [0.1, 0.15) is 5.75 Å². The van der Waals surface area contributed by atoms with Crippen LogP contribution in [0.1, 0.15) is 110 Å². The van der Waals surface area contributed by atoms with Gasteiger partial charge in [-0.25, -0.2) is 0 Å². The van der Waals surface area contributed by atoms with E-state index in [2.05, 4.69) is 111 Å².